The zero-order valence-corrected chi connectivity index (χ0v) is 56.3. The monoisotopic (exact) mass is 1380 g/mol. The number of hydrogen-bond donors (Lipinski definition) is 9. The highest BCUT2D eigenvalue weighted by Gasteiger charge is 2.47. The van der Waals surface area contributed by atoms with Gasteiger partial charge in [0.1, 0.15) is 22.2 Å². The van der Waals surface area contributed by atoms with E-state index in [2.05, 4.69) is 95.2 Å². The molecule has 0 spiro atoms. The van der Waals surface area contributed by atoms with Gasteiger partial charge in [0, 0.05) is 72.3 Å². The van der Waals surface area contributed by atoms with Crippen LogP contribution in [0.15, 0.2) is 233 Å². The van der Waals surface area contributed by atoms with Crippen molar-refractivity contribution >= 4 is 85.8 Å². The molecule has 498 valence electrons. The SMILES string of the molecule is CC1(CNc2ccc(C#Cc3ccccc3)cc2)NC(=O)NC1=O.CC1(CS(=O)(=O)c2ccc(C#Cc3ccccc3)cc2)NC(=O)NC1=O.CC1(CS(=O)c2ccc(C#Cc3ccccc3)cc2)NC(=O)NC1=O.CC1(CSc2ccc(C#Cc3ccccc3)cc2)NC(=O)NC1=O. The van der Waals surface area contributed by atoms with Crippen molar-refractivity contribution in [3.8, 4) is 47.4 Å². The molecule has 0 aliphatic carbocycles. The van der Waals surface area contributed by atoms with E-state index in [1.165, 1.54) is 30.8 Å². The summed E-state index contributed by atoms with van der Waals surface area (Å²) in [4.78, 5) is 93.8. The lowest BCUT2D eigenvalue weighted by atomic mass is 10.0. The van der Waals surface area contributed by atoms with E-state index in [4.69, 9.17) is 0 Å². The van der Waals surface area contributed by atoms with Crippen molar-refractivity contribution in [1.29, 1.82) is 0 Å². The fourth-order valence-electron chi connectivity index (χ4n) is 9.47. The average Bonchev–Trinajstić information content (AvgIpc) is 1.70. The van der Waals surface area contributed by atoms with Gasteiger partial charge in [-0.1, -0.05) is 120 Å². The predicted octanol–water partition coefficient (Wildman–Crippen LogP) is 8.12. The Balaban J connectivity index is 0.000000154. The van der Waals surface area contributed by atoms with E-state index in [1.54, 1.807) is 57.2 Å². The van der Waals surface area contributed by atoms with Gasteiger partial charge in [-0.15, -0.1) is 11.8 Å². The van der Waals surface area contributed by atoms with Crippen LogP contribution in [0.25, 0.3) is 0 Å². The molecule has 4 heterocycles. The van der Waals surface area contributed by atoms with Crippen molar-refractivity contribution in [2.24, 2.45) is 0 Å². The van der Waals surface area contributed by atoms with E-state index in [0.29, 0.717) is 22.8 Å². The number of carbonyl (C=O) groups is 8. The molecule has 8 aromatic carbocycles. The Labute approximate surface area is 579 Å². The molecule has 4 fully saturated rings. The molecule has 4 aliphatic heterocycles. The van der Waals surface area contributed by atoms with Crippen LogP contribution in [0.5, 0.6) is 0 Å². The second-order valence-electron chi connectivity index (χ2n) is 23.5. The number of hydrogen-bond acceptors (Lipinski definition) is 13. The minimum Gasteiger partial charge on any atom is -0.382 e. The Hall–Kier alpha value is -12.0. The Morgan fingerprint density at radius 1 is 0.374 bits per heavy atom. The molecule has 0 radical (unpaired) electrons. The fraction of sp³-hybridized carbons (Fsp3) is 0.158. The first kappa shape index (κ1) is 71.3. The van der Waals surface area contributed by atoms with Crippen LogP contribution in [0.3, 0.4) is 0 Å². The summed E-state index contributed by atoms with van der Waals surface area (Å²) in [6, 6.07) is 65.1. The van der Waals surface area contributed by atoms with Crippen LogP contribution in [0.4, 0.5) is 24.9 Å². The van der Waals surface area contributed by atoms with E-state index >= 15 is 0 Å². The summed E-state index contributed by atoms with van der Waals surface area (Å²) in [5.74, 6) is 22.8. The molecule has 0 aromatic heterocycles. The third kappa shape index (κ3) is 20.3. The smallest absolute Gasteiger partial charge is 0.322 e. The van der Waals surface area contributed by atoms with Crippen LogP contribution >= 0.6 is 11.8 Å². The van der Waals surface area contributed by atoms with Crippen LogP contribution in [-0.4, -0.2) is 106 Å². The van der Waals surface area contributed by atoms with Gasteiger partial charge in [-0.2, -0.15) is 0 Å². The number of nitrogens with one attached hydrogen (secondary N) is 9. The van der Waals surface area contributed by atoms with E-state index in [0.717, 1.165) is 49.5 Å². The van der Waals surface area contributed by atoms with Gasteiger partial charge in [0.15, 0.2) is 9.84 Å². The summed E-state index contributed by atoms with van der Waals surface area (Å²) in [7, 11) is -5.19. The molecule has 9 N–H and O–H groups in total. The minimum absolute atomic E-state index is 0.0135. The lowest BCUT2D eigenvalue weighted by molar-refractivity contribution is -0.123. The zero-order chi connectivity index (χ0) is 70.6. The van der Waals surface area contributed by atoms with Gasteiger partial charge in [-0.05, 0) is 173 Å². The largest absolute Gasteiger partial charge is 0.382 e. The maximum atomic E-state index is 12.6. The Morgan fingerprint density at radius 2 is 0.677 bits per heavy atom. The Morgan fingerprint density at radius 3 is 1.03 bits per heavy atom. The summed E-state index contributed by atoms with van der Waals surface area (Å²) in [5, 5.41) is 22.0. The van der Waals surface area contributed by atoms with Crippen molar-refractivity contribution in [3.05, 3.63) is 263 Å². The standard InChI is InChI=1S/C19H17N3O2.C19H16N2O4S.C19H16N2O3S.C19H16N2O2S/c1-19(17(23)21-18(24)22-19)13-20-16-11-9-15(10-12-16)8-7-14-5-3-2-4-6-14;1-19(17(22)20-18(23)21-19)13-26(24,25)16-11-9-15(10-12-16)8-7-14-5-3-2-4-6-14;1-19(17(22)20-18(23)21-19)13-25(24)16-11-9-15(10-12-16)8-7-14-5-3-2-4-6-14;1-19(17(22)20-18(23)21-19)13-24-16-11-9-15(10-12-16)8-7-14-5-3-2-4-6-14/h2-6,9-12,20H,13H2,1H3,(H2,21,22,23,24);2-6,9-12H,13H2,1H3,(H2,20,21,22,23);2-6,9-12H,13H2,1H3,(H2,20,21,22,23);2-6,9-12H,13H2,1H3,(H2,20,21,22,23). The molecule has 23 heteroatoms. The first-order chi connectivity index (χ1) is 47.3. The molecule has 12 amide bonds. The molecule has 4 saturated heterocycles. The lowest BCUT2D eigenvalue weighted by Crippen LogP contribution is -2.49. The van der Waals surface area contributed by atoms with Gasteiger partial charge in [0.25, 0.3) is 23.6 Å². The fourth-order valence-corrected chi connectivity index (χ4v) is 13.5. The summed E-state index contributed by atoms with van der Waals surface area (Å²) >= 11 is 1.52. The van der Waals surface area contributed by atoms with Gasteiger partial charge < -0.3 is 26.6 Å². The van der Waals surface area contributed by atoms with Crippen LogP contribution in [0, 0.1) is 47.4 Å². The van der Waals surface area contributed by atoms with Crippen molar-refractivity contribution in [2.75, 3.05) is 29.1 Å². The molecular weight excluding hydrogens is 1310 g/mol. The van der Waals surface area contributed by atoms with Crippen molar-refractivity contribution in [1.82, 2.24) is 42.5 Å². The zero-order valence-electron chi connectivity index (χ0n) is 53.8. The van der Waals surface area contributed by atoms with Gasteiger partial charge in [0.05, 0.1) is 27.2 Å². The maximum Gasteiger partial charge on any atom is 0.322 e. The van der Waals surface area contributed by atoms with E-state index in [-0.39, 0.29) is 22.5 Å². The summed E-state index contributed by atoms with van der Waals surface area (Å²) in [5.41, 5.74) is 3.45. The first-order valence-electron chi connectivity index (χ1n) is 30.6. The number of thioether (sulfide) groups is 1. The lowest BCUT2D eigenvalue weighted by Gasteiger charge is -2.21. The predicted molar refractivity (Wildman–Crippen MR) is 378 cm³/mol. The Kier molecular flexibility index (Phi) is 23.2. The van der Waals surface area contributed by atoms with Crippen LogP contribution in [0.2, 0.25) is 0 Å². The van der Waals surface area contributed by atoms with Crippen LogP contribution in [0.1, 0.15) is 72.2 Å². The molecule has 5 unspecified atom stereocenters. The number of rotatable bonds is 12. The number of sulfone groups is 1. The van der Waals surface area contributed by atoms with Crippen LogP contribution < -0.4 is 47.9 Å². The number of amides is 12. The quantitative estimate of drug-likeness (QED) is 0.0318. The first-order valence-corrected chi connectivity index (χ1v) is 34.5. The highest BCUT2D eigenvalue weighted by atomic mass is 32.2. The minimum atomic E-state index is -3.77. The maximum absolute atomic E-state index is 12.6. The highest BCUT2D eigenvalue weighted by Crippen LogP contribution is 2.26. The topological polar surface area (TPSA) is 296 Å². The van der Waals surface area contributed by atoms with Crippen molar-refractivity contribution < 1.29 is 51.0 Å². The van der Waals surface area contributed by atoms with E-state index < -0.39 is 84.5 Å². The molecule has 99 heavy (non-hydrogen) atoms. The van der Waals surface area contributed by atoms with Gasteiger partial charge >= 0.3 is 24.1 Å². The van der Waals surface area contributed by atoms with Gasteiger partial charge in [-0.25, -0.2) is 27.6 Å². The number of anilines is 1. The third-order valence-electron chi connectivity index (χ3n) is 15.1. The number of urea groups is 4. The summed E-state index contributed by atoms with van der Waals surface area (Å²) < 4.78 is 37.6. The molecule has 4 aliphatic rings. The molecule has 0 bridgehead atoms. The van der Waals surface area contributed by atoms with E-state index in [1.807, 2.05) is 170 Å². The molecule has 12 rings (SSSR count). The Bertz CT molecular complexity index is 4630. The second kappa shape index (κ2) is 32.2. The van der Waals surface area contributed by atoms with Crippen LogP contribution in [-0.2, 0) is 39.8 Å². The highest BCUT2D eigenvalue weighted by molar-refractivity contribution is 7.99. The average molecular weight is 1380 g/mol. The molecule has 0 saturated carbocycles. The molecule has 5 atom stereocenters. The number of benzene rings is 8. The van der Waals surface area contributed by atoms with Crippen molar-refractivity contribution in [3.63, 3.8) is 0 Å². The number of imide groups is 4. The van der Waals surface area contributed by atoms with Crippen molar-refractivity contribution in [2.45, 2.75) is 64.5 Å². The van der Waals surface area contributed by atoms with Gasteiger partial charge in [0.2, 0.25) is 0 Å². The normalized spacial score (nSPS) is 19.4. The summed E-state index contributed by atoms with van der Waals surface area (Å²) in [6.45, 7) is 6.65. The third-order valence-corrected chi connectivity index (χ3v) is 20.0. The molecular formula is C76H65N9O11S3. The second-order valence-corrected chi connectivity index (χ2v) is 28.0. The molecule has 8 aromatic rings. The van der Waals surface area contributed by atoms with E-state index in [9.17, 15) is 51.0 Å². The number of carbonyl (C=O) groups excluding carboxylic acids is 8. The van der Waals surface area contributed by atoms with Gasteiger partial charge in [-0.3, -0.25) is 44.7 Å². The molecule has 20 nitrogen and oxygen atoms in total. The summed E-state index contributed by atoms with van der Waals surface area (Å²) in [6.07, 6.45) is 0.